The third-order valence-corrected chi connectivity index (χ3v) is 3.90. The van der Waals surface area contributed by atoms with Crippen molar-refractivity contribution < 1.29 is 18.4 Å². The Kier molecular flexibility index (Phi) is 5.51. The van der Waals surface area contributed by atoms with Crippen LogP contribution in [0, 0.1) is 5.92 Å². The molecule has 0 aromatic carbocycles. The van der Waals surface area contributed by atoms with Gasteiger partial charge in [0.2, 0.25) is 11.8 Å². The molecule has 1 atom stereocenters. The van der Waals surface area contributed by atoms with Gasteiger partial charge in [-0.2, -0.15) is 0 Å². The average molecular weight is 340 g/mol. The average Bonchev–Trinajstić information content (AvgIpc) is 3.10. The quantitative estimate of drug-likeness (QED) is 0.724. The summed E-state index contributed by atoms with van der Waals surface area (Å²) < 4.78 is 10.3. The van der Waals surface area contributed by atoms with Crippen molar-refractivity contribution in [3.8, 4) is 0 Å². The van der Waals surface area contributed by atoms with Gasteiger partial charge in [0.1, 0.15) is 11.5 Å². The van der Waals surface area contributed by atoms with Crippen molar-refractivity contribution in [3.05, 3.63) is 60.5 Å². The molecule has 0 saturated heterocycles. The van der Waals surface area contributed by atoms with Gasteiger partial charge in [-0.05, 0) is 55.2 Å². The molecule has 130 valence electrons. The Morgan fingerprint density at radius 2 is 1.64 bits per heavy atom. The number of hydrogen-bond acceptors (Lipinski definition) is 4. The van der Waals surface area contributed by atoms with Crippen molar-refractivity contribution in [2.45, 2.75) is 18.9 Å². The summed E-state index contributed by atoms with van der Waals surface area (Å²) in [6.07, 6.45) is 11.3. The van der Waals surface area contributed by atoms with Gasteiger partial charge < -0.3 is 19.5 Å². The second-order valence-electron chi connectivity index (χ2n) is 5.90. The fourth-order valence-corrected chi connectivity index (χ4v) is 2.42. The first kappa shape index (κ1) is 16.8. The summed E-state index contributed by atoms with van der Waals surface area (Å²) in [7, 11) is 0. The van der Waals surface area contributed by atoms with Crippen LogP contribution in [0.3, 0.4) is 0 Å². The highest BCUT2D eigenvalue weighted by molar-refractivity contribution is 5.92. The van der Waals surface area contributed by atoms with E-state index in [0.29, 0.717) is 24.0 Å². The molecule has 0 radical (unpaired) electrons. The van der Waals surface area contributed by atoms with Gasteiger partial charge in [0, 0.05) is 24.7 Å². The lowest BCUT2D eigenvalue weighted by molar-refractivity contribution is -0.119. The second-order valence-corrected chi connectivity index (χ2v) is 5.90. The maximum absolute atomic E-state index is 12.0. The molecular formula is C19H20N2O4. The lowest BCUT2D eigenvalue weighted by atomic mass is 10.2. The maximum atomic E-state index is 12.0. The first-order valence-electron chi connectivity index (χ1n) is 8.22. The van der Waals surface area contributed by atoms with Gasteiger partial charge in [0.05, 0.1) is 12.5 Å². The third kappa shape index (κ3) is 5.53. The van der Waals surface area contributed by atoms with Crippen LogP contribution in [-0.2, 0) is 9.59 Å². The zero-order valence-corrected chi connectivity index (χ0v) is 13.7. The van der Waals surface area contributed by atoms with E-state index in [9.17, 15) is 9.59 Å². The van der Waals surface area contributed by atoms with Gasteiger partial charge in [-0.1, -0.05) is 0 Å². The number of furan rings is 2. The zero-order chi connectivity index (χ0) is 17.5. The highest BCUT2D eigenvalue weighted by Crippen LogP contribution is 2.32. The minimum absolute atomic E-state index is 0.0743. The number of nitrogens with one attached hydrogen (secondary N) is 2. The molecule has 0 aliphatic heterocycles. The monoisotopic (exact) mass is 340 g/mol. The Morgan fingerprint density at radius 3 is 2.16 bits per heavy atom. The van der Waals surface area contributed by atoms with Crippen molar-refractivity contribution in [2.24, 2.45) is 5.92 Å². The van der Waals surface area contributed by atoms with E-state index in [4.69, 9.17) is 8.83 Å². The second kappa shape index (κ2) is 8.19. The molecule has 25 heavy (non-hydrogen) atoms. The van der Waals surface area contributed by atoms with Crippen molar-refractivity contribution in [1.82, 2.24) is 10.6 Å². The van der Waals surface area contributed by atoms with E-state index in [1.807, 2.05) is 0 Å². The zero-order valence-electron chi connectivity index (χ0n) is 13.7. The van der Waals surface area contributed by atoms with Crippen molar-refractivity contribution in [3.63, 3.8) is 0 Å². The van der Waals surface area contributed by atoms with E-state index in [0.717, 1.165) is 12.8 Å². The summed E-state index contributed by atoms with van der Waals surface area (Å²) in [5, 5.41) is 5.76. The first-order chi connectivity index (χ1) is 12.2. The van der Waals surface area contributed by atoms with Crippen LogP contribution in [0.4, 0.5) is 0 Å². The third-order valence-electron chi connectivity index (χ3n) is 3.90. The Morgan fingerprint density at radius 1 is 1.04 bits per heavy atom. The molecule has 1 unspecified atom stereocenters. The number of hydrogen-bond donors (Lipinski definition) is 2. The highest BCUT2D eigenvalue weighted by Gasteiger charge is 2.32. The molecule has 2 aromatic heterocycles. The van der Waals surface area contributed by atoms with Crippen LogP contribution in [0.25, 0.3) is 12.2 Å². The molecule has 2 N–H and O–H groups in total. The Labute approximate surface area is 145 Å². The van der Waals surface area contributed by atoms with Gasteiger partial charge in [0.25, 0.3) is 0 Å². The maximum Gasteiger partial charge on any atom is 0.244 e. The predicted octanol–water partition coefficient (Wildman–Crippen LogP) is 2.61. The Balaban J connectivity index is 1.46. The van der Waals surface area contributed by atoms with Crippen molar-refractivity contribution >= 4 is 24.0 Å². The van der Waals surface area contributed by atoms with Crippen LogP contribution in [0.1, 0.15) is 24.4 Å². The van der Waals surface area contributed by atoms with Crippen LogP contribution in [0.15, 0.2) is 57.8 Å². The van der Waals surface area contributed by atoms with Crippen LogP contribution >= 0.6 is 0 Å². The van der Waals surface area contributed by atoms with Crippen LogP contribution < -0.4 is 10.6 Å². The van der Waals surface area contributed by atoms with Gasteiger partial charge in [0.15, 0.2) is 0 Å². The molecule has 0 spiro atoms. The molecular weight excluding hydrogens is 320 g/mol. The number of rotatable bonds is 8. The fourth-order valence-electron chi connectivity index (χ4n) is 2.42. The van der Waals surface area contributed by atoms with Gasteiger partial charge >= 0.3 is 0 Å². The van der Waals surface area contributed by atoms with E-state index in [2.05, 4.69) is 10.6 Å². The lowest BCUT2D eigenvalue weighted by Crippen LogP contribution is -2.44. The van der Waals surface area contributed by atoms with E-state index in [1.54, 1.807) is 48.9 Å². The van der Waals surface area contributed by atoms with E-state index in [-0.39, 0.29) is 17.9 Å². The molecule has 1 fully saturated rings. The van der Waals surface area contributed by atoms with E-state index < -0.39 is 0 Å². The molecule has 2 aromatic rings. The van der Waals surface area contributed by atoms with Crippen LogP contribution in [-0.4, -0.2) is 24.4 Å². The largest absolute Gasteiger partial charge is 0.465 e. The SMILES string of the molecule is O=C(C=Cc1ccco1)NCC(NC(=O)C=Cc1ccco1)C1CC1. The van der Waals surface area contributed by atoms with Gasteiger partial charge in [-0.25, -0.2) is 0 Å². The minimum atomic E-state index is -0.220. The van der Waals surface area contributed by atoms with Crippen molar-refractivity contribution in [2.75, 3.05) is 6.54 Å². The lowest BCUT2D eigenvalue weighted by Gasteiger charge is -2.17. The summed E-state index contributed by atoms with van der Waals surface area (Å²) in [5.74, 6) is 1.23. The molecule has 6 nitrogen and oxygen atoms in total. The highest BCUT2D eigenvalue weighted by atomic mass is 16.3. The summed E-state index contributed by atoms with van der Waals surface area (Å²) in [4.78, 5) is 23.9. The van der Waals surface area contributed by atoms with Gasteiger partial charge in [-0.15, -0.1) is 0 Å². The number of carbonyl (C=O) groups is 2. The standard InChI is InChI=1S/C19H20N2O4/c22-18(9-7-15-3-1-11-24-15)20-13-17(14-5-6-14)21-19(23)10-8-16-4-2-12-25-16/h1-4,7-12,14,17H,5-6,13H2,(H,20,22)(H,21,23). The smallest absolute Gasteiger partial charge is 0.244 e. The molecule has 1 aliphatic carbocycles. The summed E-state index contributed by atoms with van der Waals surface area (Å²) in [6, 6.07) is 6.98. The summed E-state index contributed by atoms with van der Waals surface area (Å²) in [6.45, 7) is 0.395. The van der Waals surface area contributed by atoms with Crippen LogP contribution in [0.2, 0.25) is 0 Å². The Hall–Kier alpha value is -3.02. The molecule has 2 amide bonds. The topological polar surface area (TPSA) is 84.5 Å². The molecule has 0 bridgehead atoms. The van der Waals surface area contributed by atoms with Gasteiger partial charge in [-0.3, -0.25) is 9.59 Å². The molecule has 1 saturated carbocycles. The molecule has 1 aliphatic rings. The first-order valence-corrected chi connectivity index (χ1v) is 8.22. The van der Waals surface area contributed by atoms with E-state index in [1.165, 1.54) is 12.2 Å². The fraction of sp³-hybridized carbons (Fsp3) is 0.263. The van der Waals surface area contributed by atoms with Crippen molar-refractivity contribution in [1.29, 1.82) is 0 Å². The number of carbonyl (C=O) groups excluding carboxylic acids is 2. The Bertz CT molecular complexity index is 741. The molecule has 6 heteroatoms. The normalized spacial score (nSPS) is 15.5. The number of amides is 2. The predicted molar refractivity (Wildman–Crippen MR) is 93.1 cm³/mol. The summed E-state index contributed by atoms with van der Waals surface area (Å²) in [5.41, 5.74) is 0. The van der Waals surface area contributed by atoms with E-state index >= 15 is 0 Å². The minimum Gasteiger partial charge on any atom is -0.465 e. The van der Waals surface area contributed by atoms with Crippen LogP contribution in [0.5, 0.6) is 0 Å². The summed E-state index contributed by atoms with van der Waals surface area (Å²) >= 11 is 0. The molecule has 3 rings (SSSR count). The molecule has 2 heterocycles.